The van der Waals surface area contributed by atoms with Crippen molar-refractivity contribution in [3.8, 4) is 17.2 Å². The van der Waals surface area contributed by atoms with Crippen molar-refractivity contribution in [2.45, 2.75) is 32.7 Å². The number of fused-ring (bicyclic) bond motifs is 1. The summed E-state index contributed by atoms with van der Waals surface area (Å²) in [5.41, 5.74) is 1.57. The highest BCUT2D eigenvalue weighted by Gasteiger charge is 2.23. The number of carbonyl (C=O) groups is 1. The molecule has 138 valence electrons. The van der Waals surface area contributed by atoms with Crippen LogP contribution in [0, 0.1) is 0 Å². The van der Waals surface area contributed by atoms with E-state index in [9.17, 15) is 4.79 Å². The minimum atomic E-state index is -0.130. The molecule has 0 saturated heterocycles. The Kier molecular flexibility index (Phi) is 6.00. The fraction of sp³-hybridized carbons (Fsp3) is 0.381. The lowest BCUT2D eigenvalue weighted by Crippen LogP contribution is -2.32. The highest BCUT2D eigenvalue weighted by molar-refractivity contribution is 5.95. The van der Waals surface area contributed by atoms with Crippen LogP contribution in [0.4, 0.5) is 0 Å². The molecule has 1 aliphatic heterocycles. The largest absolute Gasteiger partial charge is 0.493 e. The van der Waals surface area contributed by atoms with Crippen LogP contribution in [0.1, 0.15) is 48.7 Å². The van der Waals surface area contributed by atoms with Gasteiger partial charge in [-0.3, -0.25) is 4.79 Å². The van der Waals surface area contributed by atoms with E-state index < -0.39 is 0 Å². The number of hydrogen-bond acceptors (Lipinski definition) is 4. The maximum Gasteiger partial charge on any atom is 0.251 e. The highest BCUT2D eigenvalue weighted by atomic mass is 16.5. The molecule has 1 atom stereocenters. The molecule has 0 radical (unpaired) electrons. The number of amides is 1. The van der Waals surface area contributed by atoms with Gasteiger partial charge in [-0.15, -0.1) is 0 Å². The molecule has 0 aromatic heterocycles. The molecule has 5 nitrogen and oxygen atoms in total. The molecule has 0 aliphatic carbocycles. The van der Waals surface area contributed by atoms with Gasteiger partial charge < -0.3 is 19.5 Å². The Hall–Kier alpha value is -2.69. The van der Waals surface area contributed by atoms with Gasteiger partial charge in [-0.25, -0.2) is 0 Å². The van der Waals surface area contributed by atoms with Gasteiger partial charge in [0, 0.05) is 17.5 Å². The Bertz CT molecular complexity index is 759. The highest BCUT2D eigenvalue weighted by Crippen LogP contribution is 2.32. The Morgan fingerprint density at radius 2 is 2.00 bits per heavy atom. The summed E-state index contributed by atoms with van der Waals surface area (Å²) in [7, 11) is 0. The van der Waals surface area contributed by atoms with E-state index in [0.29, 0.717) is 36.9 Å². The summed E-state index contributed by atoms with van der Waals surface area (Å²) < 4.78 is 17.0. The van der Waals surface area contributed by atoms with Crippen LogP contribution in [-0.4, -0.2) is 25.7 Å². The van der Waals surface area contributed by atoms with E-state index in [-0.39, 0.29) is 11.9 Å². The van der Waals surface area contributed by atoms with E-state index in [2.05, 4.69) is 5.32 Å². The summed E-state index contributed by atoms with van der Waals surface area (Å²) in [6, 6.07) is 13.1. The van der Waals surface area contributed by atoms with Gasteiger partial charge in [0.05, 0.1) is 25.9 Å². The van der Waals surface area contributed by atoms with Crippen molar-refractivity contribution in [3.63, 3.8) is 0 Å². The van der Waals surface area contributed by atoms with E-state index in [4.69, 9.17) is 14.2 Å². The first-order valence-corrected chi connectivity index (χ1v) is 9.15. The average Bonchev–Trinajstić information content (AvgIpc) is 2.67. The second kappa shape index (κ2) is 8.61. The molecule has 2 aromatic carbocycles. The first kappa shape index (κ1) is 18.1. The normalized spacial score (nSPS) is 15.5. The van der Waals surface area contributed by atoms with E-state index >= 15 is 0 Å². The van der Waals surface area contributed by atoms with Gasteiger partial charge in [0.15, 0.2) is 11.5 Å². The van der Waals surface area contributed by atoms with Crippen molar-refractivity contribution in [1.82, 2.24) is 5.32 Å². The fourth-order valence-corrected chi connectivity index (χ4v) is 2.98. The lowest BCUT2D eigenvalue weighted by Gasteiger charge is -2.26. The molecule has 1 N–H and O–H groups in total. The molecule has 2 aromatic rings. The van der Waals surface area contributed by atoms with Gasteiger partial charge in [-0.05, 0) is 37.6 Å². The number of carbonyl (C=O) groups excluding carboxylic acids is 1. The smallest absolute Gasteiger partial charge is 0.251 e. The topological polar surface area (TPSA) is 56.8 Å². The zero-order valence-electron chi connectivity index (χ0n) is 15.3. The van der Waals surface area contributed by atoms with Crippen LogP contribution >= 0.6 is 0 Å². The molecule has 1 aliphatic rings. The molecule has 1 amide bonds. The Morgan fingerprint density at radius 3 is 2.81 bits per heavy atom. The van der Waals surface area contributed by atoms with E-state index in [1.165, 1.54) is 0 Å². The molecule has 1 heterocycles. The summed E-state index contributed by atoms with van der Waals surface area (Å²) in [5, 5.41) is 3.11. The summed E-state index contributed by atoms with van der Waals surface area (Å²) >= 11 is 0. The Balaban J connectivity index is 1.77. The van der Waals surface area contributed by atoms with Gasteiger partial charge in [-0.1, -0.05) is 25.1 Å². The standard InChI is InChI=1S/C21H25NO4/c1-3-12-25-19-10-9-15(14-20(19)24-4-2)21(23)22-17-11-13-26-18-8-6-5-7-16(17)18/h5-10,14,17H,3-4,11-13H2,1-2H3,(H,22,23)/t17-/m1/s1. The van der Waals surface area contributed by atoms with Crippen LogP contribution in [0.2, 0.25) is 0 Å². The number of benzene rings is 2. The maximum absolute atomic E-state index is 12.8. The minimum absolute atomic E-state index is 0.0565. The molecule has 0 spiro atoms. The van der Waals surface area contributed by atoms with Crippen molar-refractivity contribution in [3.05, 3.63) is 53.6 Å². The summed E-state index contributed by atoms with van der Waals surface area (Å²) in [6.45, 7) is 5.69. The summed E-state index contributed by atoms with van der Waals surface area (Å²) in [4.78, 5) is 12.8. The predicted molar refractivity (Wildman–Crippen MR) is 100 cm³/mol. The number of ether oxygens (including phenoxy) is 3. The van der Waals surface area contributed by atoms with Crippen molar-refractivity contribution in [2.75, 3.05) is 19.8 Å². The second-order valence-electron chi connectivity index (χ2n) is 6.14. The van der Waals surface area contributed by atoms with Crippen LogP contribution in [0.15, 0.2) is 42.5 Å². The summed E-state index contributed by atoms with van der Waals surface area (Å²) in [5.74, 6) is 1.97. The third-order valence-electron chi connectivity index (χ3n) is 4.23. The molecule has 5 heteroatoms. The minimum Gasteiger partial charge on any atom is -0.493 e. The van der Waals surface area contributed by atoms with Crippen molar-refractivity contribution in [1.29, 1.82) is 0 Å². The number of rotatable bonds is 7. The lowest BCUT2D eigenvalue weighted by atomic mass is 10.00. The quantitative estimate of drug-likeness (QED) is 0.811. The van der Waals surface area contributed by atoms with Gasteiger partial charge in [-0.2, -0.15) is 0 Å². The Morgan fingerprint density at radius 1 is 1.15 bits per heavy atom. The van der Waals surface area contributed by atoms with Crippen molar-refractivity contribution in [2.24, 2.45) is 0 Å². The van der Waals surface area contributed by atoms with Crippen LogP contribution in [0.25, 0.3) is 0 Å². The third kappa shape index (κ3) is 4.10. The SMILES string of the molecule is CCCOc1ccc(C(=O)N[C@@H]2CCOc3ccccc32)cc1OCC. The first-order valence-electron chi connectivity index (χ1n) is 9.15. The average molecular weight is 355 g/mol. The predicted octanol–water partition coefficient (Wildman–Crippen LogP) is 4.13. The van der Waals surface area contributed by atoms with Gasteiger partial charge in [0.2, 0.25) is 0 Å². The van der Waals surface area contributed by atoms with Crippen molar-refractivity contribution < 1.29 is 19.0 Å². The molecule has 3 rings (SSSR count). The van der Waals surface area contributed by atoms with Crippen LogP contribution in [-0.2, 0) is 0 Å². The van der Waals surface area contributed by atoms with Crippen LogP contribution in [0.3, 0.4) is 0 Å². The van der Waals surface area contributed by atoms with Gasteiger partial charge >= 0.3 is 0 Å². The monoisotopic (exact) mass is 355 g/mol. The zero-order chi connectivity index (χ0) is 18.4. The van der Waals surface area contributed by atoms with Crippen molar-refractivity contribution >= 4 is 5.91 Å². The molecule has 26 heavy (non-hydrogen) atoms. The number of hydrogen-bond donors (Lipinski definition) is 1. The molecular formula is C21H25NO4. The zero-order valence-corrected chi connectivity index (χ0v) is 15.3. The molecule has 0 fully saturated rings. The van der Waals surface area contributed by atoms with Crippen LogP contribution < -0.4 is 19.5 Å². The second-order valence-corrected chi connectivity index (χ2v) is 6.14. The lowest BCUT2D eigenvalue weighted by molar-refractivity contribution is 0.0924. The van der Waals surface area contributed by atoms with E-state index in [0.717, 1.165) is 24.2 Å². The molecule has 0 bridgehead atoms. The molecule has 0 unspecified atom stereocenters. The van der Waals surface area contributed by atoms with Gasteiger partial charge in [0.25, 0.3) is 5.91 Å². The Labute approximate surface area is 154 Å². The van der Waals surface area contributed by atoms with Gasteiger partial charge in [0.1, 0.15) is 5.75 Å². The van der Waals surface area contributed by atoms with E-state index in [1.807, 2.05) is 38.1 Å². The van der Waals surface area contributed by atoms with E-state index in [1.54, 1.807) is 18.2 Å². The van der Waals surface area contributed by atoms with Crippen LogP contribution in [0.5, 0.6) is 17.2 Å². The number of nitrogens with one attached hydrogen (secondary N) is 1. The first-order chi connectivity index (χ1) is 12.7. The fourth-order valence-electron chi connectivity index (χ4n) is 2.98. The maximum atomic E-state index is 12.8. The summed E-state index contributed by atoms with van der Waals surface area (Å²) in [6.07, 6.45) is 1.66. The molecular weight excluding hydrogens is 330 g/mol. The third-order valence-corrected chi connectivity index (χ3v) is 4.23. The molecule has 0 saturated carbocycles. The number of para-hydroxylation sites is 1.